The topological polar surface area (TPSA) is 110 Å². The van der Waals surface area contributed by atoms with Crippen molar-refractivity contribution in [2.75, 3.05) is 0 Å². The Labute approximate surface area is 244 Å². The van der Waals surface area contributed by atoms with Gasteiger partial charge in [-0.15, -0.1) is 0 Å². The maximum Gasteiger partial charge on any atom is 0.326 e. The van der Waals surface area contributed by atoms with Crippen LogP contribution in [-0.2, 0) is 4.79 Å². The van der Waals surface area contributed by atoms with Crippen molar-refractivity contribution in [2.24, 2.45) is 5.92 Å². The Balaban J connectivity index is 1.40. The lowest BCUT2D eigenvalue weighted by molar-refractivity contribution is -0.140. The molecule has 2 N–H and O–H groups in total. The standard InChI is InChI=1S/C34H35N5O3/c1-3-21(2)31(34(41)42)38-33(40)24-15-17-30-28(19-24)37-32(39(30)25-12-8-5-9-13-25)23-14-16-26-27(18-23)35-20-29(36-26)22-10-6-4-7-11-22/h4,6-7,10-11,14-21,25,31H,3,5,8-9,12-13H2,1-2H3,(H,38,40)(H,41,42)/t21-,31?/m0/s1. The van der Waals surface area contributed by atoms with Gasteiger partial charge in [-0.1, -0.05) is 69.9 Å². The summed E-state index contributed by atoms with van der Waals surface area (Å²) in [6.07, 6.45) is 8.17. The van der Waals surface area contributed by atoms with Crippen LogP contribution in [0.2, 0.25) is 0 Å². The van der Waals surface area contributed by atoms with Crippen molar-refractivity contribution >= 4 is 33.9 Å². The maximum atomic E-state index is 13.1. The van der Waals surface area contributed by atoms with Crippen LogP contribution in [0.25, 0.3) is 44.7 Å². The minimum atomic E-state index is -1.03. The van der Waals surface area contributed by atoms with E-state index in [-0.39, 0.29) is 5.92 Å². The molecule has 5 aromatic rings. The number of imidazole rings is 1. The minimum Gasteiger partial charge on any atom is -0.480 e. The molecule has 1 fully saturated rings. The van der Waals surface area contributed by atoms with Crippen LogP contribution in [0.1, 0.15) is 68.8 Å². The van der Waals surface area contributed by atoms with Crippen molar-refractivity contribution < 1.29 is 14.7 Å². The molecule has 0 saturated heterocycles. The number of carboxylic acids is 1. The van der Waals surface area contributed by atoms with E-state index in [0.29, 0.717) is 23.5 Å². The summed E-state index contributed by atoms with van der Waals surface area (Å²) in [5.41, 5.74) is 6.48. The molecule has 1 aliphatic rings. The second-order valence-electron chi connectivity index (χ2n) is 11.3. The molecule has 1 unspecified atom stereocenters. The highest BCUT2D eigenvalue weighted by molar-refractivity contribution is 5.99. The number of carbonyl (C=O) groups excluding carboxylic acids is 1. The number of nitrogens with zero attached hydrogens (tertiary/aromatic N) is 4. The Morgan fingerprint density at radius 1 is 0.929 bits per heavy atom. The van der Waals surface area contributed by atoms with Crippen LogP contribution in [0.3, 0.4) is 0 Å². The Morgan fingerprint density at radius 2 is 1.71 bits per heavy atom. The number of benzene rings is 3. The third-order valence-electron chi connectivity index (χ3n) is 8.53. The smallest absolute Gasteiger partial charge is 0.326 e. The first kappa shape index (κ1) is 27.6. The number of hydrogen-bond acceptors (Lipinski definition) is 5. The number of nitrogens with one attached hydrogen (secondary N) is 1. The highest BCUT2D eigenvalue weighted by atomic mass is 16.4. The summed E-state index contributed by atoms with van der Waals surface area (Å²) < 4.78 is 2.32. The van der Waals surface area contributed by atoms with Crippen molar-refractivity contribution in [3.8, 4) is 22.6 Å². The van der Waals surface area contributed by atoms with Gasteiger partial charge in [-0.05, 0) is 55.2 Å². The summed E-state index contributed by atoms with van der Waals surface area (Å²) >= 11 is 0. The van der Waals surface area contributed by atoms with Crippen molar-refractivity contribution in [2.45, 2.75) is 64.5 Å². The summed E-state index contributed by atoms with van der Waals surface area (Å²) in [5, 5.41) is 12.4. The molecule has 3 aromatic carbocycles. The van der Waals surface area contributed by atoms with Crippen LogP contribution in [-0.4, -0.2) is 42.5 Å². The molecule has 2 heterocycles. The second kappa shape index (κ2) is 11.7. The molecule has 0 radical (unpaired) electrons. The van der Waals surface area contributed by atoms with E-state index in [0.717, 1.165) is 52.0 Å². The van der Waals surface area contributed by atoms with E-state index in [1.54, 1.807) is 18.3 Å². The van der Waals surface area contributed by atoms with Gasteiger partial charge in [0.05, 0.1) is 34.0 Å². The van der Waals surface area contributed by atoms with Gasteiger partial charge in [0.2, 0.25) is 0 Å². The molecule has 0 aliphatic heterocycles. The summed E-state index contributed by atoms with van der Waals surface area (Å²) in [6, 6.07) is 20.9. The molecule has 0 spiro atoms. The van der Waals surface area contributed by atoms with Crippen molar-refractivity contribution in [3.63, 3.8) is 0 Å². The van der Waals surface area contributed by atoms with Gasteiger partial charge in [-0.25, -0.2) is 14.8 Å². The first-order chi connectivity index (χ1) is 20.4. The molecule has 8 heteroatoms. The molecule has 2 aromatic heterocycles. The molecule has 1 saturated carbocycles. The van der Waals surface area contributed by atoms with Crippen LogP contribution in [0.15, 0.2) is 72.9 Å². The predicted octanol–water partition coefficient (Wildman–Crippen LogP) is 7.05. The quantitative estimate of drug-likeness (QED) is 0.210. The van der Waals surface area contributed by atoms with Gasteiger partial charge in [0.1, 0.15) is 11.9 Å². The lowest BCUT2D eigenvalue weighted by Gasteiger charge is -2.25. The normalized spacial score (nSPS) is 15.5. The number of rotatable bonds is 8. The number of aromatic nitrogens is 4. The molecule has 42 heavy (non-hydrogen) atoms. The summed E-state index contributed by atoms with van der Waals surface area (Å²) in [7, 11) is 0. The average molecular weight is 562 g/mol. The molecule has 2 atom stereocenters. The molecule has 1 aliphatic carbocycles. The Kier molecular flexibility index (Phi) is 7.69. The first-order valence-corrected chi connectivity index (χ1v) is 14.8. The van der Waals surface area contributed by atoms with Crippen molar-refractivity contribution in [1.82, 2.24) is 24.8 Å². The molecule has 6 rings (SSSR count). The van der Waals surface area contributed by atoms with Crippen LogP contribution < -0.4 is 5.32 Å². The van der Waals surface area contributed by atoms with Crippen LogP contribution in [0.4, 0.5) is 0 Å². The van der Waals surface area contributed by atoms with E-state index in [2.05, 4.69) is 9.88 Å². The van der Waals surface area contributed by atoms with Gasteiger partial charge in [0, 0.05) is 22.7 Å². The predicted molar refractivity (Wildman–Crippen MR) is 164 cm³/mol. The molecule has 1 amide bonds. The van der Waals surface area contributed by atoms with E-state index in [9.17, 15) is 14.7 Å². The van der Waals surface area contributed by atoms with E-state index in [1.165, 1.54) is 19.3 Å². The van der Waals surface area contributed by atoms with Crippen LogP contribution >= 0.6 is 0 Å². The maximum absolute atomic E-state index is 13.1. The number of carbonyl (C=O) groups is 2. The van der Waals surface area contributed by atoms with Gasteiger partial charge in [0.15, 0.2) is 0 Å². The highest BCUT2D eigenvalue weighted by Gasteiger charge is 2.27. The SMILES string of the molecule is CC[C@H](C)C(NC(=O)c1ccc2c(c1)nc(-c1ccc3nc(-c4ccccc4)cnc3c1)n2C1CCCCC1)C(=O)O. The zero-order chi connectivity index (χ0) is 29.2. The third-order valence-corrected chi connectivity index (χ3v) is 8.53. The van der Waals surface area contributed by atoms with Gasteiger partial charge in [-0.2, -0.15) is 0 Å². The second-order valence-corrected chi connectivity index (χ2v) is 11.3. The third kappa shape index (κ3) is 5.36. The Morgan fingerprint density at radius 3 is 2.45 bits per heavy atom. The largest absolute Gasteiger partial charge is 0.480 e. The number of fused-ring (bicyclic) bond motifs is 2. The highest BCUT2D eigenvalue weighted by Crippen LogP contribution is 2.37. The van der Waals surface area contributed by atoms with Gasteiger partial charge < -0.3 is 15.0 Å². The fourth-order valence-corrected chi connectivity index (χ4v) is 5.96. The first-order valence-electron chi connectivity index (χ1n) is 14.8. The molecule has 8 nitrogen and oxygen atoms in total. The number of amides is 1. The van der Waals surface area contributed by atoms with Gasteiger partial charge in [0.25, 0.3) is 5.91 Å². The number of hydrogen-bond donors (Lipinski definition) is 2. The van der Waals surface area contributed by atoms with Crippen LogP contribution in [0.5, 0.6) is 0 Å². The molecule has 0 bridgehead atoms. The van der Waals surface area contributed by atoms with Crippen molar-refractivity contribution in [3.05, 3.63) is 78.5 Å². The summed E-state index contributed by atoms with van der Waals surface area (Å²) in [5.74, 6) is -0.785. The fraction of sp³-hybridized carbons (Fsp3) is 0.324. The van der Waals surface area contributed by atoms with E-state index in [4.69, 9.17) is 15.0 Å². The lowest BCUT2D eigenvalue weighted by atomic mass is 9.94. The fourth-order valence-electron chi connectivity index (χ4n) is 5.96. The molecular formula is C34H35N5O3. The van der Waals surface area contributed by atoms with Crippen LogP contribution in [0, 0.1) is 5.92 Å². The lowest BCUT2D eigenvalue weighted by Crippen LogP contribution is -2.45. The Bertz CT molecular complexity index is 1760. The van der Waals surface area contributed by atoms with Crippen molar-refractivity contribution in [1.29, 1.82) is 0 Å². The molecule has 214 valence electrons. The summed E-state index contributed by atoms with van der Waals surface area (Å²) in [4.78, 5) is 39.6. The number of carboxylic acid groups (broad SMARTS) is 1. The zero-order valence-electron chi connectivity index (χ0n) is 24.0. The van der Waals surface area contributed by atoms with Gasteiger partial charge in [-0.3, -0.25) is 9.78 Å². The average Bonchev–Trinajstić information content (AvgIpc) is 3.42. The monoisotopic (exact) mass is 561 g/mol. The van der Waals surface area contributed by atoms with E-state index in [1.807, 2.05) is 68.4 Å². The Hall–Kier alpha value is -4.59. The van der Waals surface area contributed by atoms with Gasteiger partial charge >= 0.3 is 5.97 Å². The molecular weight excluding hydrogens is 526 g/mol. The van der Waals surface area contributed by atoms with E-state index >= 15 is 0 Å². The summed E-state index contributed by atoms with van der Waals surface area (Å²) in [6.45, 7) is 3.75. The number of aliphatic carboxylic acids is 1. The van der Waals surface area contributed by atoms with E-state index < -0.39 is 17.9 Å². The zero-order valence-corrected chi connectivity index (χ0v) is 24.0. The minimum absolute atomic E-state index is 0.188.